The van der Waals surface area contributed by atoms with Crippen molar-refractivity contribution in [1.29, 1.82) is 0 Å². The maximum Gasteiger partial charge on any atom is 0.328 e. The summed E-state index contributed by atoms with van der Waals surface area (Å²) in [7, 11) is -3.68. The van der Waals surface area contributed by atoms with Crippen LogP contribution in [-0.4, -0.2) is 38.8 Å². The molecule has 0 bridgehead atoms. The van der Waals surface area contributed by atoms with Crippen LogP contribution in [0.1, 0.15) is 23.6 Å². The number of amides is 1. The predicted molar refractivity (Wildman–Crippen MR) is 108 cm³/mol. The molecule has 0 fully saturated rings. The maximum atomic E-state index is 12.3. The number of carbonyl (C=O) groups is 2. The number of rotatable bonds is 5. The van der Waals surface area contributed by atoms with E-state index in [2.05, 4.69) is 15.0 Å². The Morgan fingerprint density at radius 3 is 2.45 bits per heavy atom. The monoisotopic (exact) mass is 415 g/mol. The van der Waals surface area contributed by atoms with Crippen LogP contribution >= 0.6 is 0 Å². The van der Waals surface area contributed by atoms with Gasteiger partial charge in [-0.2, -0.15) is 0 Å². The molecule has 1 atom stereocenters. The van der Waals surface area contributed by atoms with Crippen molar-refractivity contribution in [3.63, 3.8) is 0 Å². The summed E-state index contributed by atoms with van der Waals surface area (Å²) >= 11 is 0. The fourth-order valence-electron chi connectivity index (χ4n) is 2.92. The zero-order chi connectivity index (χ0) is 21.2. The number of ether oxygens (including phenoxy) is 1. The third-order valence-electron chi connectivity index (χ3n) is 4.44. The van der Waals surface area contributed by atoms with Crippen LogP contribution in [0.4, 0.5) is 5.69 Å². The molecule has 9 heteroatoms. The van der Waals surface area contributed by atoms with Gasteiger partial charge in [-0.15, -0.1) is 0 Å². The van der Waals surface area contributed by atoms with Gasteiger partial charge in [-0.05, 0) is 44.0 Å². The van der Waals surface area contributed by atoms with Crippen molar-refractivity contribution in [3.05, 3.63) is 59.2 Å². The minimum absolute atomic E-state index is 0.0742. The SMILES string of the molecule is Cc1cccc(C)c1NC(=O)[C@@H](C)OC(=O)CN=C1NS(=O)(=O)c2ccccc21. The highest BCUT2D eigenvalue weighted by Gasteiger charge is 2.30. The van der Waals surface area contributed by atoms with Gasteiger partial charge in [-0.1, -0.05) is 30.3 Å². The zero-order valence-corrected chi connectivity index (χ0v) is 17.0. The second-order valence-electron chi connectivity index (χ2n) is 6.65. The molecule has 29 heavy (non-hydrogen) atoms. The van der Waals surface area contributed by atoms with Gasteiger partial charge in [0.25, 0.3) is 15.9 Å². The number of para-hydroxylation sites is 1. The van der Waals surface area contributed by atoms with Gasteiger partial charge in [0.1, 0.15) is 12.4 Å². The van der Waals surface area contributed by atoms with E-state index in [4.69, 9.17) is 4.74 Å². The molecule has 1 aliphatic heterocycles. The van der Waals surface area contributed by atoms with E-state index in [-0.39, 0.29) is 10.7 Å². The summed E-state index contributed by atoms with van der Waals surface area (Å²) < 4.78 is 31.5. The Morgan fingerprint density at radius 2 is 1.76 bits per heavy atom. The number of aliphatic imine (C=N–C) groups is 1. The molecule has 0 radical (unpaired) electrons. The van der Waals surface area contributed by atoms with Crippen molar-refractivity contribution < 1.29 is 22.7 Å². The number of carbonyl (C=O) groups excluding carboxylic acids is 2. The van der Waals surface area contributed by atoms with Gasteiger partial charge >= 0.3 is 5.97 Å². The van der Waals surface area contributed by atoms with Gasteiger partial charge in [0, 0.05) is 11.3 Å². The molecule has 2 aromatic rings. The van der Waals surface area contributed by atoms with E-state index in [0.29, 0.717) is 11.3 Å². The third kappa shape index (κ3) is 4.45. The molecule has 0 aromatic heterocycles. The number of anilines is 1. The maximum absolute atomic E-state index is 12.3. The first-order valence-corrected chi connectivity index (χ1v) is 10.4. The standard InChI is InChI=1S/C20H21N3O5S/c1-12-7-6-8-13(2)18(12)22-20(25)14(3)28-17(24)11-21-19-15-9-4-5-10-16(15)29(26,27)23-19/h4-10,14H,11H2,1-3H3,(H,21,23)(H,22,25)/t14-/m1/s1. The molecule has 2 aromatic carbocycles. The van der Waals surface area contributed by atoms with E-state index >= 15 is 0 Å². The lowest BCUT2D eigenvalue weighted by Crippen LogP contribution is -2.31. The first-order valence-electron chi connectivity index (χ1n) is 8.92. The second kappa shape index (κ2) is 8.04. The lowest BCUT2D eigenvalue weighted by molar-refractivity contribution is -0.151. The summed E-state index contributed by atoms with van der Waals surface area (Å²) in [5.74, 6) is -1.13. The van der Waals surface area contributed by atoms with Crippen LogP contribution in [0, 0.1) is 13.8 Å². The molecule has 0 unspecified atom stereocenters. The Labute approximate surface area is 169 Å². The number of esters is 1. The number of nitrogens with one attached hydrogen (secondary N) is 2. The smallest absolute Gasteiger partial charge is 0.328 e. The number of fused-ring (bicyclic) bond motifs is 1. The highest BCUT2D eigenvalue weighted by molar-refractivity contribution is 7.90. The molecule has 0 spiro atoms. The number of hydrogen-bond donors (Lipinski definition) is 2. The fourth-order valence-corrected chi connectivity index (χ4v) is 4.17. The number of sulfonamides is 1. The Hall–Kier alpha value is -3.20. The Balaban J connectivity index is 1.63. The van der Waals surface area contributed by atoms with Gasteiger partial charge in [-0.3, -0.25) is 19.3 Å². The van der Waals surface area contributed by atoms with Gasteiger partial charge in [0.15, 0.2) is 6.10 Å². The minimum atomic E-state index is -3.68. The van der Waals surface area contributed by atoms with Gasteiger partial charge in [0.2, 0.25) is 0 Å². The third-order valence-corrected chi connectivity index (χ3v) is 5.83. The fraction of sp³-hybridized carbons (Fsp3) is 0.250. The summed E-state index contributed by atoms with van der Waals surface area (Å²) in [6, 6.07) is 12.0. The number of aryl methyl sites for hydroxylation is 2. The van der Waals surface area contributed by atoms with Gasteiger partial charge in [-0.25, -0.2) is 8.42 Å². The summed E-state index contributed by atoms with van der Waals surface area (Å²) in [5, 5.41) is 2.76. The molecule has 0 saturated heterocycles. The molecule has 0 aliphatic carbocycles. The van der Waals surface area contributed by atoms with E-state index in [1.807, 2.05) is 32.0 Å². The molecule has 1 amide bonds. The van der Waals surface area contributed by atoms with Gasteiger partial charge < -0.3 is 10.1 Å². The van der Waals surface area contributed by atoms with Crippen molar-refractivity contribution in [1.82, 2.24) is 4.72 Å². The van der Waals surface area contributed by atoms with Crippen molar-refractivity contribution >= 4 is 33.4 Å². The number of amidine groups is 1. The van der Waals surface area contributed by atoms with E-state index < -0.39 is 34.5 Å². The normalized spacial score (nSPS) is 16.6. The Morgan fingerprint density at radius 1 is 1.10 bits per heavy atom. The lowest BCUT2D eigenvalue weighted by atomic mass is 10.1. The summed E-state index contributed by atoms with van der Waals surface area (Å²) in [4.78, 5) is 28.5. The molecular weight excluding hydrogens is 394 g/mol. The van der Waals surface area contributed by atoms with Crippen LogP contribution in [0.3, 0.4) is 0 Å². The summed E-state index contributed by atoms with van der Waals surface area (Å²) in [6.07, 6.45) is -1.03. The Kier molecular flexibility index (Phi) is 5.69. The average molecular weight is 415 g/mol. The van der Waals surface area contributed by atoms with Crippen LogP contribution < -0.4 is 10.0 Å². The average Bonchev–Trinajstić information content (AvgIpc) is 2.94. The molecule has 0 saturated carbocycles. The molecule has 2 N–H and O–H groups in total. The van der Waals surface area contributed by atoms with Crippen molar-refractivity contribution in [3.8, 4) is 0 Å². The highest BCUT2D eigenvalue weighted by Crippen LogP contribution is 2.22. The highest BCUT2D eigenvalue weighted by atomic mass is 32.2. The van der Waals surface area contributed by atoms with Crippen LogP contribution in [0.5, 0.6) is 0 Å². The molecule has 1 aliphatic rings. The summed E-state index contributed by atoms with van der Waals surface area (Å²) in [6.45, 7) is 4.78. The van der Waals surface area contributed by atoms with Gasteiger partial charge in [0.05, 0.1) is 4.90 Å². The number of nitrogens with zero attached hydrogens (tertiary/aromatic N) is 1. The predicted octanol–water partition coefficient (Wildman–Crippen LogP) is 1.91. The lowest BCUT2D eigenvalue weighted by Gasteiger charge is -2.15. The number of benzene rings is 2. The van der Waals surface area contributed by atoms with Crippen molar-refractivity contribution in [2.24, 2.45) is 4.99 Å². The van der Waals surface area contributed by atoms with Crippen molar-refractivity contribution in [2.75, 3.05) is 11.9 Å². The van der Waals surface area contributed by atoms with E-state index in [0.717, 1.165) is 11.1 Å². The van der Waals surface area contributed by atoms with Crippen molar-refractivity contribution in [2.45, 2.75) is 31.8 Å². The first kappa shape index (κ1) is 20.5. The topological polar surface area (TPSA) is 114 Å². The van der Waals surface area contributed by atoms with E-state index in [9.17, 15) is 18.0 Å². The largest absolute Gasteiger partial charge is 0.451 e. The zero-order valence-electron chi connectivity index (χ0n) is 16.2. The first-order chi connectivity index (χ1) is 13.7. The second-order valence-corrected chi connectivity index (χ2v) is 8.31. The minimum Gasteiger partial charge on any atom is -0.451 e. The number of hydrogen-bond acceptors (Lipinski definition) is 6. The Bertz CT molecular complexity index is 1090. The summed E-state index contributed by atoms with van der Waals surface area (Å²) in [5.41, 5.74) is 2.87. The van der Waals surface area contributed by atoms with Crippen LogP contribution in [0.25, 0.3) is 0 Å². The quantitative estimate of drug-likeness (QED) is 0.724. The molecule has 3 rings (SSSR count). The van der Waals surface area contributed by atoms with Crippen LogP contribution in [0.2, 0.25) is 0 Å². The van der Waals surface area contributed by atoms with E-state index in [1.165, 1.54) is 13.0 Å². The molecule has 8 nitrogen and oxygen atoms in total. The molecule has 1 heterocycles. The molecule has 152 valence electrons. The molecular formula is C20H21N3O5S. The van der Waals surface area contributed by atoms with E-state index in [1.54, 1.807) is 18.2 Å². The van der Waals surface area contributed by atoms with Crippen LogP contribution in [-0.2, 0) is 24.3 Å². The van der Waals surface area contributed by atoms with Crippen LogP contribution in [0.15, 0.2) is 52.4 Å².